The van der Waals surface area contributed by atoms with E-state index in [0.29, 0.717) is 0 Å². The second kappa shape index (κ2) is 8.41. The summed E-state index contributed by atoms with van der Waals surface area (Å²) < 4.78 is 2.96. The molecule has 1 saturated carbocycles. The van der Waals surface area contributed by atoms with Crippen molar-refractivity contribution in [1.29, 1.82) is 0 Å². The topological polar surface area (TPSA) is 98.0 Å². The van der Waals surface area contributed by atoms with Gasteiger partial charge in [0.25, 0.3) is 11.5 Å². The average molecular weight is 385 g/mol. The minimum absolute atomic E-state index is 0.0679. The summed E-state index contributed by atoms with van der Waals surface area (Å²) in [6, 6.07) is 3.02. The highest BCUT2D eigenvalue weighted by atomic mass is 16.2. The molecule has 2 amide bonds. The molecule has 0 saturated heterocycles. The SMILES string of the molecule is Cc1nn(C)cc1C(C)NC(=O)Cn1cccc(C(=O)NC2CCCC2)c1=O. The third-order valence-corrected chi connectivity index (χ3v) is 5.16. The first-order chi connectivity index (χ1) is 13.3. The molecule has 2 aromatic heterocycles. The molecule has 8 nitrogen and oxygen atoms in total. The summed E-state index contributed by atoms with van der Waals surface area (Å²) in [5.74, 6) is -0.669. The molecule has 1 atom stereocenters. The van der Waals surface area contributed by atoms with Gasteiger partial charge in [0.15, 0.2) is 0 Å². The van der Waals surface area contributed by atoms with Crippen LogP contribution in [0.3, 0.4) is 0 Å². The van der Waals surface area contributed by atoms with Gasteiger partial charge in [0.1, 0.15) is 12.1 Å². The predicted octanol–water partition coefficient (Wildman–Crippen LogP) is 1.44. The Kier molecular flexibility index (Phi) is 5.96. The zero-order chi connectivity index (χ0) is 20.3. The van der Waals surface area contributed by atoms with Crippen LogP contribution in [0.1, 0.15) is 60.3 Å². The molecule has 1 aliphatic rings. The van der Waals surface area contributed by atoms with Crippen molar-refractivity contribution in [2.45, 2.75) is 58.2 Å². The van der Waals surface area contributed by atoms with E-state index < -0.39 is 5.56 Å². The molecule has 0 aliphatic heterocycles. The first-order valence-corrected chi connectivity index (χ1v) is 9.65. The lowest BCUT2D eigenvalue weighted by molar-refractivity contribution is -0.122. The molecule has 0 aromatic carbocycles. The maximum Gasteiger partial charge on any atom is 0.263 e. The molecular formula is C20H27N5O3. The first kappa shape index (κ1) is 19.9. The van der Waals surface area contributed by atoms with Gasteiger partial charge in [-0.1, -0.05) is 12.8 Å². The zero-order valence-electron chi connectivity index (χ0n) is 16.6. The Hall–Kier alpha value is -2.90. The first-order valence-electron chi connectivity index (χ1n) is 9.65. The van der Waals surface area contributed by atoms with Gasteiger partial charge in [-0.2, -0.15) is 5.10 Å². The Bertz CT molecular complexity index is 924. The quantitative estimate of drug-likeness (QED) is 0.786. The van der Waals surface area contributed by atoms with E-state index >= 15 is 0 Å². The van der Waals surface area contributed by atoms with Crippen LogP contribution in [0.4, 0.5) is 0 Å². The zero-order valence-corrected chi connectivity index (χ0v) is 16.6. The molecule has 0 radical (unpaired) electrons. The number of aromatic nitrogens is 3. The third kappa shape index (κ3) is 4.49. The van der Waals surface area contributed by atoms with Crippen molar-refractivity contribution in [2.75, 3.05) is 0 Å². The van der Waals surface area contributed by atoms with Crippen molar-refractivity contribution in [1.82, 2.24) is 25.0 Å². The van der Waals surface area contributed by atoms with E-state index in [0.717, 1.165) is 36.9 Å². The average Bonchev–Trinajstić information content (AvgIpc) is 3.25. The van der Waals surface area contributed by atoms with Crippen molar-refractivity contribution in [3.63, 3.8) is 0 Å². The van der Waals surface area contributed by atoms with Crippen LogP contribution in [-0.4, -0.2) is 32.2 Å². The highest BCUT2D eigenvalue weighted by Crippen LogP contribution is 2.18. The van der Waals surface area contributed by atoms with Crippen molar-refractivity contribution in [3.05, 3.63) is 51.7 Å². The maximum atomic E-state index is 12.6. The molecule has 2 heterocycles. The Morgan fingerprint density at radius 2 is 2.04 bits per heavy atom. The van der Waals surface area contributed by atoms with Gasteiger partial charge in [0.05, 0.1) is 11.7 Å². The minimum Gasteiger partial charge on any atom is -0.349 e. The summed E-state index contributed by atoms with van der Waals surface area (Å²) in [7, 11) is 1.83. The summed E-state index contributed by atoms with van der Waals surface area (Å²) in [6.45, 7) is 3.61. The van der Waals surface area contributed by atoms with E-state index in [4.69, 9.17) is 0 Å². The van der Waals surface area contributed by atoms with Crippen molar-refractivity contribution in [2.24, 2.45) is 7.05 Å². The van der Waals surface area contributed by atoms with Gasteiger partial charge in [0.2, 0.25) is 5.91 Å². The van der Waals surface area contributed by atoms with E-state index in [1.165, 1.54) is 16.8 Å². The summed E-state index contributed by atoms with van der Waals surface area (Å²) in [5.41, 5.74) is 1.38. The second-order valence-electron chi connectivity index (χ2n) is 7.44. The summed E-state index contributed by atoms with van der Waals surface area (Å²) in [6.07, 6.45) is 7.47. The lowest BCUT2D eigenvalue weighted by Gasteiger charge is -2.15. The summed E-state index contributed by atoms with van der Waals surface area (Å²) in [5, 5.41) is 10.1. The van der Waals surface area contributed by atoms with Gasteiger partial charge < -0.3 is 15.2 Å². The minimum atomic E-state index is -0.460. The fourth-order valence-corrected chi connectivity index (χ4v) is 3.73. The van der Waals surface area contributed by atoms with E-state index in [1.54, 1.807) is 10.7 Å². The number of hydrogen-bond donors (Lipinski definition) is 2. The Balaban J connectivity index is 1.66. The predicted molar refractivity (Wildman–Crippen MR) is 105 cm³/mol. The summed E-state index contributed by atoms with van der Waals surface area (Å²) in [4.78, 5) is 37.5. The maximum absolute atomic E-state index is 12.6. The second-order valence-corrected chi connectivity index (χ2v) is 7.44. The molecule has 28 heavy (non-hydrogen) atoms. The van der Waals surface area contributed by atoms with Crippen LogP contribution in [0.25, 0.3) is 0 Å². The standard InChI is InChI=1S/C20H27N5O3/c1-13(17-11-24(3)23-14(17)2)21-18(26)12-25-10-6-9-16(20(25)28)19(27)22-15-7-4-5-8-15/h6,9-11,13,15H,4-5,7-8,12H2,1-3H3,(H,21,26)(H,22,27). The Morgan fingerprint density at radius 1 is 1.32 bits per heavy atom. The molecule has 0 bridgehead atoms. The van der Waals surface area contributed by atoms with Gasteiger partial charge in [-0.3, -0.25) is 19.1 Å². The molecule has 2 N–H and O–H groups in total. The molecule has 1 aliphatic carbocycles. The lowest BCUT2D eigenvalue weighted by atomic mass is 10.1. The molecule has 3 rings (SSSR count). The number of rotatable bonds is 6. The van der Waals surface area contributed by atoms with Crippen LogP contribution in [-0.2, 0) is 18.4 Å². The lowest BCUT2D eigenvalue weighted by Crippen LogP contribution is -2.39. The van der Waals surface area contributed by atoms with Crippen molar-refractivity contribution < 1.29 is 9.59 Å². The highest BCUT2D eigenvalue weighted by Gasteiger charge is 2.21. The van der Waals surface area contributed by atoms with Gasteiger partial charge >= 0.3 is 0 Å². The van der Waals surface area contributed by atoms with Crippen LogP contribution in [0, 0.1) is 6.92 Å². The monoisotopic (exact) mass is 385 g/mol. The molecule has 150 valence electrons. The number of carbonyl (C=O) groups is 2. The van der Waals surface area contributed by atoms with Crippen LogP contribution in [0.2, 0.25) is 0 Å². The van der Waals surface area contributed by atoms with E-state index in [2.05, 4.69) is 15.7 Å². The Labute approximate surface area is 163 Å². The summed E-state index contributed by atoms with van der Waals surface area (Å²) >= 11 is 0. The van der Waals surface area contributed by atoms with Crippen LogP contribution >= 0.6 is 0 Å². The van der Waals surface area contributed by atoms with Crippen LogP contribution in [0.5, 0.6) is 0 Å². The smallest absolute Gasteiger partial charge is 0.263 e. The van der Waals surface area contributed by atoms with E-state index in [9.17, 15) is 14.4 Å². The molecule has 2 aromatic rings. The number of aryl methyl sites for hydroxylation is 2. The van der Waals surface area contributed by atoms with Gasteiger partial charge in [-0.15, -0.1) is 0 Å². The molecule has 0 spiro atoms. The number of carbonyl (C=O) groups excluding carboxylic acids is 2. The van der Waals surface area contributed by atoms with Gasteiger partial charge in [0, 0.05) is 31.0 Å². The largest absolute Gasteiger partial charge is 0.349 e. The molecule has 8 heteroatoms. The molecular weight excluding hydrogens is 358 g/mol. The number of hydrogen-bond acceptors (Lipinski definition) is 4. The normalized spacial score (nSPS) is 15.4. The highest BCUT2D eigenvalue weighted by molar-refractivity contribution is 5.94. The van der Waals surface area contributed by atoms with Crippen LogP contribution < -0.4 is 16.2 Å². The number of nitrogens with one attached hydrogen (secondary N) is 2. The van der Waals surface area contributed by atoms with E-state index in [1.807, 2.05) is 27.1 Å². The third-order valence-electron chi connectivity index (χ3n) is 5.16. The molecule has 1 unspecified atom stereocenters. The molecule has 1 fully saturated rings. The van der Waals surface area contributed by atoms with Crippen molar-refractivity contribution >= 4 is 11.8 Å². The number of pyridine rings is 1. The van der Waals surface area contributed by atoms with Crippen molar-refractivity contribution in [3.8, 4) is 0 Å². The number of amides is 2. The Morgan fingerprint density at radius 3 is 2.68 bits per heavy atom. The fourth-order valence-electron chi connectivity index (χ4n) is 3.73. The van der Waals surface area contributed by atoms with Gasteiger partial charge in [-0.25, -0.2) is 0 Å². The van der Waals surface area contributed by atoms with E-state index in [-0.39, 0.29) is 36.0 Å². The fraction of sp³-hybridized carbons (Fsp3) is 0.500. The number of nitrogens with zero attached hydrogens (tertiary/aromatic N) is 3. The van der Waals surface area contributed by atoms with Crippen LogP contribution in [0.15, 0.2) is 29.3 Å². The van der Waals surface area contributed by atoms with Gasteiger partial charge in [-0.05, 0) is 38.8 Å².